The van der Waals surface area contributed by atoms with Crippen molar-refractivity contribution in [2.75, 3.05) is 4.90 Å². The zero-order valence-electron chi connectivity index (χ0n) is 13.5. The van der Waals surface area contributed by atoms with Crippen molar-refractivity contribution in [1.82, 2.24) is 0 Å². The van der Waals surface area contributed by atoms with Gasteiger partial charge in [-0.15, -0.1) is 0 Å². The normalized spacial score (nSPS) is 13.8. The Morgan fingerprint density at radius 3 is 1.73 bits per heavy atom. The molecule has 1 aliphatic heterocycles. The fraction of sp³-hybridized carbons (Fsp3) is 0. The molecule has 0 spiro atoms. The summed E-state index contributed by atoms with van der Waals surface area (Å²) < 4.78 is 26.1. The molecule has 0 bridgehead atoms. The lowest BCUT2D eigenvalue weighted by Crippen LogP contribution is -2.30. The van der Waals surface area contributed by atoms with Gasteiger partial charge in [-0.05, 0) is 36.4 Å². The Kier molecular flexibility index (Phi) is 3.70. The van der Waals surface area contributed by atoms with Gasteiger partial charge in [-0.25, -0.2) is 13.3 Å². The molecular formula is C20H13NO4S. The van der Waals surface area contributed by atoms with Crippen LogP contribution < -0.4 is 4.90 Å². The Balaban J connectivity index is 1.89. The largest absolute Gasteiger partial charge is 0.268 e. The van der Waals surface area contributed by atoms with Gasteiger partial charge >= 0.3 is 0 Å². The Labute approximate surface area is 150 Å². The molecule has 6 heteroatoms. The molecule has 0 unspecified atom stereocenters. The summed E-state index contributed by atoms with van der Waals surface area (Å²) in [5.74, 6) is -1.05. The molecule has 128 valence electrons. The third-order valence-electron chi connectivity index (χ3n) is 4.24. The van der Waals surface area contributed by atoms with Crippen molar-refractivity contribution in [2.45, 2.75) is 9.79 Å². The highest BCUT2D eigenvalue weighted by Gasteiger charge is 2.39. The van der Waals surface area contributed by atoms with Gasteiger partial charge in [0.15, 0.2) is 0 Å². The Morgan fingerprint density at radius 1 is 0.615 bits per heavy atom. The molecule has 0 saturated heterocycles. The minimum absolute atomic E-state index is 0.0579. The monoisotopic (exact) mass is 363 g/mol. The summed E-state index contributed by atoms with van der Waals surface area (Å²) in [6.07, 6.45) is 0. The van der Waals surface area contributed by atoms with E-state index in [0.29, 0.717) is 0 Å². The van der Waals surface area contributed by atoms with E-state index in [4.69, 9.17) is 0 Å². The topological polar surface area (TPSA) is 71.5 Å². The number of fused-ring (bicyclic) bond motifs is 1. The van der Waals surface area contributed by atoms with Crippen LogP contribution in [0.2, 0.25) is 0 Å². The van der Waals surface area contributed by atoms with E-state index in [1.165, 1.54) is 24.3 Å². The number of hydrogen-bond donors (Lipinski definition) is 0. The van der Waals surface area contributed by atoms with E-state index in [0.717, 1.165) is 4.90 Å². The van der Waals surface area contributed by atoms with Gasteiger partial charge in [-0.1, -0.05) is 42.5 Å². The summed E-state index contributed by atoms with van der Waals surface area (Å²) in [6, 6.07) is 20.4. The van der Waals surface area contributed by atoms with Gasteiger partial charge in [-0.3, -0.25) is 9.59 Å². The van der Waals surface area contributed by atoms with Crippen LogP contribution in [0.25, 0.3) is 0 Å². The highest BCUT2D eigenvalue weighted by atomic mass is 32.2. The Hall–Kier alpha value is -3.25. The maximum absolute atomic E-state index is 13.0. The number of carbonyl (C=O) groups is 2. The first-order valence-corrected chi connectivity index (χ1v) is 9.37. The van der Waals surface area contributed by atoms with Gasteiger partial charge in [0, 0.05) is 0 Å². The van der Waals surface area contributed by atoms with E-state index < -0.39 is 21.7 Å². The zero-order chi connectivity index (χ0) is 18.3. The molecule has 0 N–H and O–H groups in total. The van der Waals surface area contributed by atoms with Crippen molar-refractivity contribution in [3.63, 3.8) is 0 Å². The predicted octanol–water partition coefficient (Wildman–Crippen LogP) is 3.32. The minimum atomic E-state index is -3.89. The highest BCUT2D eigenvalue weighted by Crippen LogP contribution is 2.35. The van der Waals surface area contributed by atoms with Crippen molar-refractivity contribution in [3.05, 3.63) is 90.0 Å². The first-order valence-electron chi connectivity index (χ1n) is 7.89. The number of hydrogen-bond acceptors (Lipinski definition) is 4. The van der Waals surface area contributed by atoms with E-state index in [-0.39, 0.29) is 26.6 Å². The van der Waals surface area contributed by atoms with Crippen LogP contribution in [-0.2, 0) is 9.84 Å². The average molecular weight is 363 g/mol. The summed E-state index contributed by atoms with van der Waals surface area (Å²) in [7, 11) is -3.89. The third kappa shape index (κ3) is 2.34. The van der Waals surface area contributed by atoms with E-state index in [9.17, 15) is 18.0 Å². The Bertz CT molecular complexity index is 1100. The Morgan fingerprint density at radius 2 is 1.12 bits per heavy atom. The molecule has 3 aromatic carbocycles. The summed E-state index contributed by atoms with van der Waals surface area (Å²) in [5, 5.41) is 0. The number of sulfone groups is 1. The molecule has 1 heterocycles. The third-order valence-corrected chi connectivity index (χ3v) is 6.06. The number of para-hydroxylation sites is 1. The van der Waals surface area contributed by atoms with Crippen LogP contribution in [0.15, 0.2) is 88.7 Å². The number of imide groups is 1. The molecule has 2 amide bonds. The van der Waals surface area contributed by atoms with Crippen LogP contribution in [0.4, 0.5) is 5.69 Å². The van der Waals surface area contributed by atoms with Crippen molar-refractivity contribution < 1.29 is 18.0 Å². The van der Waals surface area contributed by atoms with Crippen molar-refractivity contribution in [3.8, 4) is 0 Å². The van der Waals surface area contributed by atoms with Crippen LogP contribution in [0.3, 0.4) is 0 Å². The molecule has 26 heavy (non-hydrogen) atoms. The maximum Gasteiger partial charge on any atom is 0.266 e. The molecule has 0 aliphatic carbocycles. The van der Waals surface area contributed by atoms with E-state index in [2.05, 4.69) is 0 Å². The van der Waals surface area contributed by atoms with Crippen molar-refractivity contribution in [2.24, 2.45) is 0 Å². The second-order valence-electron chi connectivity index (χ2n) is 5.78. The zero-order valence-corrected chi connectivity index (χ0v) is 14.3. The number of carbonyl (C=O) groups excluding carboxylic acids is 2. The number of anilines is 1. The summed E-state index contributed by atoms with van der Waals surface area (Å²) in [5.41, 5.74) is 0.594. The summed E-state index contributed by atoms with van der Waals surface area (Å²) in [6.45, 7) is 0. The van der Waals surface area contributed by atoms with Crippen molar-refractivity contribution in [1.29, 1.82) is 0 Å². The molecular weight excluding hydrogens is 350 g/mol. The van der Waals surface area contributed by atoms with Gasteiger partial charge in [0.05, 0.1) is 26.6 Å². The van der Waals surface area contributed by atoms with Gasteiger partial charge in [-0.2, -0.15) is 0 Å². The molecule has 0 radical (unpaired) electrons. The van der Waals surface area contributed by atoms with Gasteiger partial charge in [0.25, 0.3) is 11.8 Å². The molecule has 0 atom stereocenters. The van der Waals surface area contributed by atoms with Crippen LogP contribution in [0, 0.1) is 0 Å². The second-order valence-corrected chi connectivity index (χ2v) is 7.69. The fourth-order valence-corrected chi connectivity index (χ4v) is 4.47. The van der Waals surface area contributed by atoms with E-state index in [1.807, 2.05) is 0 Å². The van der Waals surface area contributed by atoms with E-state index >= 15 is 0 Å². The van der Waals surface area contributed by atoms with Gasteiger partial charge in [0.1, 0.15) is 0 Å². The molecule has 0 saturated carbocycles. The van der Waals surface area contributed by atoms with E-state index in [1.54, 1.807) is 54.6 Å². The molecule has 1 aliphatic rings. The average Bonchev–Trinajstić information content (AvgIpc) is 2.93. The van der Waals surface area contributed by atoms with Crippen LogP contribution >= 0.6 is 0 Å². The smallest absolute Gasteiger partial charge is 0.266 e. The lowest BCUT2D eigenvalue weighted by molar-refractivity contribution is 0.0925. The summed E-state index contributed by atoms with van der Waals surface area (Å²) >= 11 is 0. The standard InChI is InChI=1S/C20H13NO4S/c22-19-15-10-4-5-11-16(15)20(23)21(19)17-12-6-7-13-18(17)26(24,25)14-8-2-1-3-9-14/h1-13H. The second kappa shape index (κ2) is 5.93. The summed E-state index contributed by atoms with van der Waals surface area (Å²) in [4.78, 5) is 26.4. The van der Waals surface area contributed by atoms with Gasteiger partial charge in [0.2, 0.25) is 9.84 Å². The first kappa shape index (κ1) is 16.2. The van der Waals surface area contributed by atoms with Gasteiger partial charge < -0.3 is 0 Å². The molecule has 3 aromatic rings. The minimum Gasteiger partial charge on any atom is -0.268 e. The molecule has 0 fully saturated rings. The number of amides is 2. The molecule has 0 aromatic heterocycles. The quantitative estimate of drug-likeness (QED) is 0.669. The van der Waals surface area contributed by atoms with Crippen molar-refractivity contribution >= 4 is 27.3 Å². The molecule has 4 rings (SSSR count). The number of rotatable bonds is 3. The first-order chi connectivity index (χ1) is 12.5. The van der Waals surface area contributed by atoms with Crippen LogP contribution in [0.5, 0.6) is 0 Å². The predicted molar refractivity (Wildman–Crippen MR) is 95.9 cm³/mol. The lowest BCUT2D eigenvalue weighted by atomic mass is 10.1. The highest BCUT2D eigenvalue weighted by molar-refractivity contribution is 7.91. The molecule has 5 nitrogen and oxygen atoms in total. The number of nitrogens with zero attached hydrogens (tertiary/aromatic N) is 1. The number of benzene rings is 3. The fourth-order valence-electron chi connectivity index (χ4n) is 3.00. The van der Waals surface area contributed by atoms with Crippen LogP contribution in [-0.4, -0.2) is 20.2 Å². The SMILES string of the molecule is O=C1c2ccccc2C(=O)N1c1ccccc1S(=O)(=O)c1ccccc1. The van der Waals surface area contributed by atoms with Crippen LogP contribution in [0.1, 0.15) is 20.7 Å². The maximum atomic E-state index is 13.0. The lowest BCUT2D eigenvalue weighted by Gasteiger charge is -2.18.